The normalized spacial score (nSPS) is 10.1. The van der Waals surface area contributed by atoms with E-state index in [1.54, 1.807) is 42.5 Å². The van der Waals surface area contributed by atoms with Crippen molar-refractivity contribution in [1.82, 2.24) is 0 Å². The monoisotopic (exact) mass is 390 g/mol. The second kappa shape index (κ2) is 9.14. The number of para-hydroxylation sites is 2. The molecule has 0 radical (unpaired) electrons. The van der Waals surface area contributed by atoms with Crippen LogP contribution in [0.15, 0.2) is 78.9 Å². The van der Waals surface area contributed by atoms with Gasteiger partial charge in [-0.3, -0.25) is 19.7 Å². The molecule has 8 nitrogen and oxygen atoms in total. The van der Waals surface area contributed by atoms with Gasteiger partial charge >= 0.3 is 0 Å². The van der Waals surface area contributed by atoms with Crippen molar-refractivity contribution < 1.29 is 14.5 Å². The fourth-order valence-electron chi connectivity index (χ4n) is 2.63. The molecule has 3 aromatic rings. The summed E-state index contributed by atoms with van der Waals surface area (Å²) in [5, 5.41) is 19.1. The van der Waals surface area contributed by atoms with E-state index in [0.29, 0.717) is 22.6 Å². The molecule has 0 aliphatic rings. The Balaban J connectivity index is 1.63. The molecule has 0 spiro atoms. The number of benzene rings is 3. The molecule has 0 saturated carbocycles. The van der Waals surface area contributed by atoms with Crippen LogP contribution in [-0.4, -0.2) is 23.3 Å². The minimum Gasteiger partial charge on any atom is -0.376 e. The lowest BCUT2D eigenvalue weighted by atomic mass is 10.1. The Labute approximate surface area is 166 Å². The number of hydrogen-bond donors (Lipinski definition) is 3. The third-order valence-corrected chi connectivity index (χ3v) is 3.98. The number of nitro groups is 1. The smallest absolute Gasteiger partial charge is 0.271 e. The van der Waals surface area contributed by atoms with E-state index in [9.17, 15) is 19.7 Å². The summed E-state index contributed by atoms with van der Waals surface area (Å²) in [5.41, 5.74) is 1.75. The molecule has 0 aliphatic heterocycles. The summed E-state index contributed by atoms with van der Waals surface area (Å²) in [4.78, 5) is 35.0. The number of rotatable bonds is 7. The number of hydrogen-bond acceptors (Lipinski definition) is 5. The summed E-state index contributed by atoms with van der Waals surface area (Å²) in [6.07, 6.45) is 0. The molecule has 3 N–H and O–H groups in total. The minimum atomic E-state index is -0.532. The van der Waals surface area contributed by atoms with Crippen molar-refractivity contribution in [2.75, 3.05) is 22.5 Å². The Kier molecular flexibility index (Phi) is 6.16. The van der Waals surface area contributed by atoms with Crippen LogP contribution in [0.1, 0.15) is 10.4 Å². The van der Waals surface area contributed by atoms with Crippen molar-refractivity contribution in [3.8, 4) is 0 Å². The van der Waals surface area contributed by atoms with Gasteiger partial charge in [-0.2, -0.15) is 0 Å². The van der Waals surface area contributed by atoms with E-state index in [4.69, 9.17) is 0 Å². The molecule has 0 saturated heterocycles. The van der Waals surface area contributed by atoms with Crippen LogP contribution in [0.25, 0.3) is 0 Å². The largest absolute Gasteiger partial charge is 0.376 e. The van der Waals surface area contributed by atoms with Crippen LogP contribution in [-0.2, 0) is 4.79 Å². The van der Waals surface area contributed by atoms with Gasteiger partial charge in [0.1, 0.15) is 0 Å². The summed E-state index contributed by atoms with van der Waals surface area (Å²) in [6.45, 7) is -0.113. The minimum absolute atomic E-state index is 0.112. The number of non-ortho nitro benzene ring substituents is 1. The first-order valence-corrected chi connectivity index (χ1v) is 8.76. The number of nitrogens with one attached hydrogen (secondary N) is 3. The number of amides is 2. The Hall–Kier alpha value is -4.20. The van der Waals surface area contributed by atoms with Crippen molar-refractivity contribution >= 4 is 34.6 Å². The number of carbonyl (C=O) groups excluding carboxylic acids is 2. The summed E-state index contributed by atoms with van der Waals surface area (Å²) in [6, 6.07) is 21.5. The van der Waals surface area contributed by atoms with E-state index in [1.807, 2.05) is 18.2 Å². The number of anilines is 3. The molecule has 0 bridgehead atoms. The summed E-state index contributed by atoms with van der Waals surface area (Å²) >= 11 is 0. The molecule has 29 heavy (non-hydrogen) atoms. The lowest BCUT2D eigenvalue weighted by Crippen LogP contribution is -2.23. The fourth-order valence-corrected chi connectivity index (χ4v) is 2.63. The maximum Gasteiger partial charge on any atom is 0.271 e. The fraction of sp³-hybridized carbons (Fsp3) is 0.0476. The first-order chi connectivity index (χ1) is 14.0. The van der Waals surface area contributed by atoms with Gasteiger partial charge in [0.25, 0.3) is 11.6 Å². The van der Waals surface area contributed by atoms with Gasteiger partial charge in [-0.15, -0.1) is 0 Å². The van der Waals surface area contributed by atoms with Crippen LogP contribution >= 0.6 is 0 Å². The van der Waals surface area contributed by atoms with E-state index in [0.717, 1.165) is 0 Å². The van der Waals surface area contributed by atoms with Crippen molar-refractivity contribution in [3.05, 3.63) is 94.5 Å². The number of carbonyl (C=O) groups is 2. The molecule has 0 atom stereocenters. The standard InChI is InChI=1S/C21H18N4O4/c26-20(23-16-9-6-10-17(13-16)25(28)29)14-22-19-12-5-4-11-18(19)21(27)24-15-7-2-1-3-8-15/h1-13,22H,14H2,(H,23,26)(H,24,27). The van der Waals surface area contributed by atoms with E-state index < -0.39 is 10.8 Å². The second-order valence-electron chi connectivity index (χ2n) is 6.07. The van der Waals surface area contributed by atoms with Crippen LogP contribution in [0.5, 0.6) is 0 Å². The Morgan fingerprint density at radius 2 is 1.52 bits per heavy atom. The third kappa shape index (κ3) is 5.39. The Morgan fingerprint density at radius 3 is 2.28 bits per heavy atom. The molecular weight excluding hydrogens is 372 g/mol. The Bertz CT molecular complexity index is 1040. The SMILES string of the molecule is O=C(CNc1ccccc1C(=O)Nc1ccccc1)Nc1cccc([N+](=O)[O-])c1. The van der Waals surface area contributed by atoms with Crippen LogP contribution < -0.4 is 16.0 Å². The lowest BCUT2D eigenvalue weighted by molar-refractivity contribution is -0.384. The number of nitrogens with zero attached hydrogens (tertiary/aromatic N) is 1. The van der Waals surface area contributed by atoms with Crippen LogP contribution in [0.4, 0.5) is 22.7 Å². The zero-order valence-electron chi connectivity index (χ0n) is 15.3. The highest BCUT2D eigenvalue weighted by molar-refractivity contribution is 6.08. The molecule has 3 aromatic carbocycles. The van der Waals surface area contributed by atoms with Gasteiger partial charge in [-0.25, -0.2) is 0 Å². The van der Waals surface area contributed by atoms with E-state index in [2.05, 4.69) is 16.0 Å². The zero-order chi connectivity index (χ0) is 20.6. The second-order valence-corrected chi connectivity index (χ2v) is 6.07. The zero-order valence-corrected chi connectivity index (χ0v) is 15.3. The van der Waals surface area contributed by atoms with Crippen LogP contribution in [0.3, 0.4) is 0 Å². The van der Waals surface area contributed by atoms with Crippen molar-refractivity contribution in [1.29, 1.82) is 0 Å². The summed E-state index contributed by atoms with van der Waals surface area (Å²) < 4.78 is 0. The van der Waals surface area contributed by atoms with Gasteiger partial charge in [-0.05, 0) is 30.3 Å². The third-order valence-electron chi connectivity index (χ3n) is 3.98. The molecule has 0 heterocycles. The van der Waals surface area contributed by atoms with Crippen molar-refractivity contribution in [2.45, 2.75) is 0 Å². The average molecular weight is 390 g/mol. The van der Waals surface area contributed by atoms with E-state index in [1.165, 1.54) is 18.2 Å². The number of nitro benzene ring substituents is 1. The van der Waals surface area contributed by atoms with Crippen LogP contribution in [0, 0.1) is 10.1 Å². The molecule has 8 heteroatoms. The molecular formula is C21H18N4O4. The lowest BCUT2D eigenvalue weighted by Gasteiger charge is -2.12. The first-order valence-electron chi connectivity index (χ1n) is 8.76. The topological polar surface area (TPSA) is 113 Å². The molecule has 0 aromatic heterocycles. The molecule has 3 rings (SSSR count). The van der Waals surface area contributed by atoms with Gasteiger partial charge in [-0.1, -0.05) is 36.4 Å². The highest BCUT2D eigenvalue weighted by atomic mass is 16.6. The predicted octanol–water partition coefficient (Wildman–Crippen LogP) is 3.90. The first kappa shape index (κ1) is 19.6. The maximum atomic E-state index is 12.6. The quantitative estimate of drug-likeness (QED) is 0.418. The average Bonchev–Trinajstić information content (AvgIpc) is 2.73. The van der Waals surface area contributed by atoms with Gasteiger partial charge < -0.3 is 16.0 Å². The van der Waals surface area contributed by atoms with Gasteiger partial charge in [0, 0.05) is 29.2 Å². The van der Waals surface area contributed by atoms with Crippen molar-refractivity contribution in [2.24, 2.45) is 0 Å². The highest BCUT2D eigenvalue weighted by Gasteiger charge is 2.13. The summed E-state index contributed by atoms with van der Waals surface area (Å²) in [5.74, 6) is -0.706. The van der Waals surface area contributed by atoms with Crippen molar-refractivity contribution in [3.63, 3.8) is 0 Å². The summed E-state index contributed by atoms with van der Waals surface area (Å²) in [7, 11) is 0. The van der Waals surface area contributed by atoms with Gasteiger partial charge in [0.2, 0.25) is 5.91 Å². The Morgan fingerprint density at radius 1 is 0.828 bits per heavy atom. The van der Waals surface area contributed by atoms with Crippen LogP contribution in [0.2, 0.25) is 0 Å². The molecule has 0 aliphatic carbocycles. The van der Waals surface area contributed by atoms with E-state index >= 15 is 0 Å². The molecule has 0 unspecified atom stereocenters. The van der Waals surface area contributed by atoms with Gasteiger partial charge in [0.15, 0.2) is 0 Å². The highest BCUT2D eigenvalue weighted by Crippen LogP contribution is 2.19. The van der Waals surface area contributed by atoms with E-state index in [-0.39, 0.29) is 18.1 Å². The van der Waals surface area contributed by atoms with Gasteiger partial charge in [0.05, 0.1) is 17.0 Å². The molecule has 0 fully saturated rings. The maximum absolute atomic E-state index is 12.6. The molecule has 146 valence electrons. The predicted molar refractivity (Wildman–Crippen MR) is 111 cm³/mol. The molecule has 2 amide bonds.